The zero-order chi connectivity index (χ0) is 17.8. The molecule has 0 radical (unpaired) electrons. The van der Waals surface area contributed by atoms with Crippen molar-refractivity contribution in [2.75, 3.05) is 0 Å². The van der Waals surface area contributed by atoms with Crippen molar-refractivity contribution >= 4 is 25.9 Å². The number of rotatable bonds is 3. The predicted octanol–water partition coefficient (Wildman–Crippen LogP) is 5.68. The minimum atomic E-state index is -2.09. The molecular weight excluding hydrogens is 325 g/mol. The summed E-state index contributed by atoms with van der Waals surface area (Å²) in [7, 11) is -3.78. The number of nitrogens with zero attached hydrogens (tertiary/aromatic N) is 1. The van der Waals surface area contributed by atoms with Gasteiger partial charge < -0.3 is 4.41 Å². The van der Waals surface area contributed by atoms with Crippen LogP contribution in [-0.4, -0.2) is 8.24 Å². The van der Waals surface area contributed by atoms with Gasteiger partial charge in [-0.3, -0.25) is 0 Å². The van der Waals surface area contributed by atoms with E-state index in [9.17, 15) is 0 Å². The first-order chi connectivity index (χ1) is 11.1. The van der Waals surface area contributed by atoms with Gasteiger partial charge in [-0.15, -0.1) is 0 Å². The van der Waals surface area contributed by atoms with Crippen LogP contribution in [-0.2, 0) is 0 Å². The quantitative estimate of drug-likeness (QED) is 0.382. The topological polar surface area (TPSA) is 12.4 Å². The van der Waals surface area contributed by atoms with Crippen molar-refractivity contribution in [3.05, 3.63) is 60.7 Å². The maximum absolute atomic E-state index is 5.46. The van der Waals surface area contributed by atoms with Gasteiger partial charge in [-0.25, -0.2) is 0 Å². The number of hydrogen-bond donors (Lipinski definition) is 0. The summed E-state index contributed by atoms with van der Waals surface area (Å²) in [5.41, 5.74) is 3.65. The zero-order valence-corrected chi connectivity index (χ0v) is 17.6. The third-order valence-electron chi connectivity index (χ3n) is 3.30. The van der Waals surface area contributed by atoms with Gasteiger partial charge >= 0.3 is 0 Å². The summed E-state index contributed by atoms with van der Waals surface area (Å²) in [6.45, 7) is 13.4. The van der Waals surface area contributed by atoms with Crippen molar-refractivity contribution in [1.29, 1.82) is 0 Å². The molecule has 0 saturated carbocycles. The molecular formula is C21H28NPSi. The highest BCUT2D eigenvalue weighted by atomic mass is 31.2. The van der Waals surface area contributed by atoms with Crippen LogP contribution >= 0.6 is 7.05 Å². The molecule has 0 amide bonds. The Morgan fingerprint density at radius 3 is 1.54 bits per heavy atom. The maximum atomic E-state index is 5.46. The van der Waals surface area contributed by atoms with E-state index in [1.165, 1.54) is 10.6 Å². The molecule has 0 spiro atoms. The second kappa shape index (κ2) is 7.14. The second-order valence-electron chi connectivity index (χ2n) is 8.06. The Kier molecular flexibility index (Phi) is 5.58. The van der Waals surface area contributed by atoms with Crippen molar-refractivity contribution in [2.45, 2.75) is 40.4 Å². The molecule has 0 heterocycles. The average molecular weight is 354 g/mol. The standard InChI is InChI=1S/C21H28NPSi/c1-21(2,3)17-18-23(22-24(4,5)6,19-13-9-7-10-14-19)20-15-11-8-12-16-20/h7-16H,1-6H3. The highest BCUT2D eigenvalue weighted by Gasteiger charge is 2.26. The first kappa shape index (κ1) is 18.8. The fraction of sp³-hybridized carbons (Fsp3) is 0.333. The molecule has 2 rings (SSSR count). The van der Waals surface area contributed by atoms with Crippen molar-refractivity contribution in [3.8, 4) is 11.6 Å². The SMILES string of the molecule is CC(C)(C)C#CP(=N[Si](C)(C)C)(c1ccccc1)c1ccccc1. The van der Waals surface area contributed by atoms with Crippen LogP contribution in [0.1, 0.15) is 20.8 Å². The van der Waals surface area contributed by atoms with E-state index in [2.05, 4.69) is 113 Å². The van der Waals surface area contributed by atoms with Crippen LogP contribution < -0.4 is 10.6 Å². The molecule has 3 heteroatoms. The summed E-state index contributed by atoms with van der Waals surface area (Å²) in [4.78, 5) is 0. The van der Waals surface area contributed by atoms with E-state index >= 15 is 0 Å². The lowest BCUT2D eigenvalue weighted by atomic mass is 9.99. The molecule has 0 aliphatic rings. The van der Waals surface area contributed by atoms with Gasteiger partial charge in [-0.05, 0) is 26.4 Å². The smallest absolute Gasteiger partial charge is 0.172 e. The Balaban J connectivity index is 2.89. The molecule has 0 aliphatic heterocycles. The molecule has 0 aromatic heterocycles. The Hall–Kier alpha value is -1.55. The highest BCUT2D eigenvalue weighted by molar-refractivity contribution is 7.86. The molecule has 126 valence electrons. The van der Waals surface area contributed by atoms with Crippen LogP contribution in [0.2, 0.25) is 19.6 Å². The van der Waals surface area contributed by atoms with Gasteiger partial charge in [0.2, 0.25) is 0 Å². The molecule has 2 aromatic carbocycles. The fourth-order valence-electron chi connectivity index (χ4n) is 2.40. The molecule has 0 saturated heterocycles. The molecule has 0 atom stereocenters. The lowest BCUT2D eigenvalue weighted by Crippen LogP contribution is -2.23. The van der Waals surface area contributed by atoms with E-state index in [1.54, 1.807) is 0 Å². The highest BCUT2D eigenvalue weighted by Crippen LogP contribution is 2.48. The van der Waals surface area contributed by atoms with Gasteiger partial charge in [-0.2, -0.15) is 0 Å². The van der Waals surface area contributed by atoms with Crippen LogP contribution in [0.15, 0.2) is 65.1 Å². The average Bonchev–Trinajstić information content (AvgIpc) is 2.51. The van der Waals surface area contributed by atoms with Gasteiger partial charge in [0.25, 0.3) is 0 Å². The van der Waals surface area contributed by atoms with E-state index in [0.717, 1.165) is 0 Å². The lowest BCUT2D eigenvalue weighted by Gasteiger charge is -2.26. The van der Waals surface area contributed by atoms with Crippen LogP contribution in [0.25, 0.3) is 0 Å². The Labute approximate surface area is 148 Å². The Bertz CT molecular complexity index is 741. The second-order valence-corrected chi connectivity index (χ2v) is 15.7. The van der Waals surface area contributed by atoms with E-state index in [1.807, 2.05) is 0 Å². The summed E-state index contributed by atoms with van der Waals surface area (Å²) in [6.07, 6.45) is 0. The van der Waals surface area contributed by atoms with Crippen LogP contribution in [0.4, 0.5) is 0 Å². The molecule has 2 aromatic rings. The molecule has 0 unspecified atom stereocenters. The van der Waals surface area contributed by atoms with E-state index in [0.29, 0.717) is 0 Å². The molecule has 0 N–H and O–H groups in total. The lowest BCUT2D eigenvalue weighted by molar-refractivity contribution is 0.571. The molecule has 24 heavy (non-hydrogen) atoms. The summed E-state index contributed by atoms with van der Waals surface area (Å²) in [5, 5.41) is 2.52. The predicted molar refractivity (Wildman–Crippen MR) is 112 cm³/mol. The van der Waals surface area contributed by atoms with Gasteiger partial charge in [0.15, 0.2) is 8.24 Å². The summed E-state index contributed by atoms with van der Waals surface area (Å²) < 4.78 is 5.46. The van der Waals surface area contributed by atoms with Gasteiger partial charge in [0.05, 0.1) is 7.05 Å². The number of benzene rings is 2. The van der Waals surface area contributed by atoms with Gasteiger partial charge in [0, 0.05) is 16.0 Å². The summed E-state index contributed by atoms with van der Waals surface area (Å²) >= 11 is 0. The minimum absolute atomic E-state index is 0.0379. The molecule has 1 nitrogen and oxygen atoms in total. The van der Waals surface area contributed by atoms with Crippen LogP contribution in [0.5, 0.6) is 0 Å². The zero-order valence-electron chi connectivity index (χ0n) is 15.7. The van der Waals surface area contributed by atoms with Gasteiger partial charge in [0.1, 0.15) is 0 Å². The Morgan fingerprint density at radius 1 is 0.792 bits per heavy atom. The van der Waals surface area contributed by atoms with E-state index in [4.69, 9.17) is 4.41 Å². The number of hydrogen-bond acceptors (Lipinski definition) is 1. The largest absolute Gasteiger partial charge is 0.319 e. The van der Waals surface area contributed by atoms with Crippen molar-refractivity contribution in [1.82, 2.24) is 0 Å². The minimum Gasteiger partial charge on any atom is -0.319 e. The maximum Gasteiger partial charge on any atom is 0.172 e. The normalized spacial score (nSPS) is 12.2. The third-order valence-corrected chi connectivity index (χ3v) is 9.43. The Morgan fingerprint density at radius 2 is 1.21 bits per heavy atom. The van der Waals surface area contributed by atoms with Crippen LogP contribution in [0, 0.1) is 17.0 Å². The van der Waals surface area contributed by atoms with E-state index in [-0.39, 0.29) is 5.41 Å². The van der Waals surface area contributed by atoms with Crippen LogP contribution in [0.3, 0.4) is 0 Å². The van der Waals surface area contributed by atoms with Gasteiger partial charge in [-0.1, -0.05) is 86.2 Å². The first-order valence-corrected chi connectivity index (χ1v) is 13.6. The fourth-order valence-corrected chi connectivity index (χ4v) is 9.39. The third kappa shape index (κ3) is 4.97. The van der Waals surface area contributed by atoms with Crippen molar-refractivity contribution in [3.63, 3.8) is 0 Å². The first-order valence-electron chi connectivity index (χ1n) is 8.42. The van der Waals surface area contributed by atoms with Crippen molar-refractivity contribution in [2.24, 2.45) is 9.83 Å². The monoisotopic (exact) mass is 353 g/mol. The molecule has 0 bridgehead atoms. The summed E-state index contributed by atoms with van der Waals surface area (Å²) in [5.74, 6) is 3.51. The molecule has 0 aliphatic carbocycles. The van der Waals surface area contributed by atoms with E-state index < -0.39 is 15.3 Å². The molecule has 0 fully saturated rings. The summed E-state index contributed by atoms with van der Waals surface area (Å²) in [6, 6.07) is 21.3. The van der Waals surface area contributed by atoms with Crippen molar-refractivity contribution < 1.29 is 0 Å².